The van der Waals surface area contributed by atoms with Crippen LogP contribution in [0.25, 0.3) is 21.8 Å². The van der Waals surface area contributed by atoms with Gasteiger partial charge in [-0.1, -0.05) is 0 Å². The highest BCUT2D eigenvalue weighted by molar-refractivity contribution is 9.11. The van der Waals surface area contributed by atoms with E-state index in [-0.39, 0.29) is 0 Å². The summed E-state index contributed by atoms with van der Waals surface area (Å²) in [6.07, 6.45) is 3.61. The van der Waals surface area contributed by atoms with E-state index in [1.807, 2.05) is 18.3 Å². The van der Waals surface area contributed by atoms with Crippen LogP contribution in [-0.2, 0) is 0 Å². The van der Waals surface area contributed by atoms with Gasteiger partial charge in [0.25, 0.3) is 0 Å². The van der Waals surface area contributed by atoms with E-state index >= 15 is 0 Å². The highest BCUT2D eigenvalue weighted by Gasteiger charge is 2.14. The number of aromatic amines is 1. The van der Waals surface area contributed by atoms with Crippen molar-refractivity contribution in [2.75, 3.05) is 7.11 Å². The van der Waals surface area contributed by atoms with E-state index in [1.54, 1.807) is 13.3 Å². The maximum Gasteiger partial charge on any atom is 0.147 e. The third-order valence-corrected chi connectivity index (χ3v) is 4.09. The number of ether oxygens (including phenoxy) is 1. The van der Waals surface area contributed by atoms with Gasteiger partial charge in [0.1, 0.15) is 5.75 Å². The highest BCUT2D eigenvalue weighted by atomic mass is 79.9. The lowest BCUT2D eigenvalue weighted by Gasteiger charge is -2.07. The molecule has 17 heavy (non-hydrogen) atoms. The molecule has 1 N–H and O–H groups in total. The second-order valence-electron chi connectivity index (χ2n) is 3.67. The first-order chi connectivity index (χ1) is 8.22. The monoisotopic (exact) mass is 354 g/mol. The summed E-state index contributed by atoms with van der Waals surface area (Å²) in [5.41, 5.74) is 2.07. The van der Waals surface area contributed by atoms with Crippen LogP contribution in [0.5, 0.6) is 5.75 Å². The van der Waals surface area contributed by atoms with Crippen molar-refractivity contribution in [3.63, 3.8) is 0 Å². The second kappa shape index (κ2) is 3.99. The Balaban J connectivity index is 2.55. The van der Waals surface area contributed by atoms with Gasteiger partial charge in [-0.25, -0.2) is 0 Å². The van der Waals surface area contributed by atoms with E-state index in [9.17, 15) is 0 Å². The van der Waals surface area contributed by atoms with Crippen LogP contribution < -0.4 is 4.74 Å². The van der Waals surface area contributed by atoms with Gasteiger partial charge in [0.15, 0.2) is 0 Å². The molecule has 0 aliphatic rings. The van der Waals surface area contributed by atoms with Gasteiger partial charge in [-0.15, -0.1) is 0 Å². The lowest BCUT2D eigenvalue weighted by atomic mass is 10.2. The minimum atomic E-state index is 0.801. The molecule has 2 aromatic heterocycles. The summed E-state index contributed by atoms with van der Waals surface area (Å²) in [5, 5.41) is 2.25. The van der Waals surface area contributed by atoms with Crippen LogP contribution in [0.1, 0.15) is 0 Å². The zero-order chi connectivity index (χ0) is 12.0. The Bertz CT molecular complexity index is 721. The van der Waals surface area contributed by atoms with Crippen LogP contribution >= 0.6 is 31.9 Å². The fourth-order valence-electron chi connectivity index (χ4n) is 2.01. The fraction of sp³-hybridized carbons (Fsp3) is 0.0833. The normalized spacial score (nSPS) is 11.2. The molecule has 3 nitrogen and oxygen atoms in total. The van der Waals surface area contributed by atoms with E-state index < -0.39 is 0 Å². The quantitative estimate of drug-likeness (QED) is 0.708. The summed E-state index contributed by atoms with van der Waals surface area (Å²) in [6, 6.07) is 4.01. The van der Waals surface area contributed by atoms with Gasteiger partial charge in [-0.2, -0.15) is 0 Å². The van der Waals surface area contributed by atoms with Crippen LogP contribution in [0.15, 0.2) is 33.5 Å². The Morgan fingerprint density at radius 1 is 1.29 bits per heavy atom. The van der Waals surface area contributed by atoms with Gasteiger partial charge in [-0.3, -0.25) is 4.98 Å². The number of rotatable bonds is 1. The molecular weight excluding hydrogens is 348 g/mol. The van der Waals surface area contributed by atoms with Crippen molar-refractivity contribution < 1.29 is 4.74 Å². The minimum Gasteiger partial charge on any atom is -0.494 e. The summed E-state index contributed by atoms with van der Waals surface area (Å²) in [6.45, 7) is 0. The molecule has 0 saturated heterocycles. The topological polar surface area (TPSA) is 37.9 Å². The van der Waals surface area contributed by atoms with Gasteiger partial charge in [-0.05, 0) is 44.0 Å². The molecule has 0 aliphatic carbocycles. The number of fused-ring (bicyclic) bond motifs is 3. The van der Waals surface area contributed by atoms with E-state index in [0.717, 1.165) is 36.5 Å². The lowest BCUT2D eigenvalue weighted by Crippen LogP contribution is -1.86. The number of hydrogen-bond donors (Lipinski definition) is 1. The minimum absolute atomic E-state index is 0.801. The van der Waals surface area contributed by atoms with Crippen molar-refractivity contribution in [3.8, 4) is 5.75 Å². The Kier molecular flexibility index (Phi) is 2.60. The lowest BCUT2D eigenvalue weighted by molar-refractivity contribution is 0.410. The zero-order valence-corrected chi connectivity index (χ0v) is 12.1. The molecule has 86 valence electrons. The standard InChI is InChI=1S/C12H8Br2N2O/c1-17-12-7(13)4-8-10(11(12)14)6-2-3-15-5-9(6)16-8/h2-5,16H,1H3. The van der Waals surface area contributed by atoms with E-state index in [4.69, 9.17) is 4.74 Å². The van der Waals surface area contributed by atoms with Crippen LogP contribution in [-0.4, -0.2) is 17.1 Å². The molecule has 0 aliphatic heterocycles. The molecular formula is C12H8Br2N2O. The average Bonchev–Trinajstić information content (AvgIpc) is 2.67. The number of methoxy groups -OCH3 is 1. The molecule has 0 spiro atoms. The van der Waals surface area contributed by atoms with Crippen molar-refractivity contribution in [2.24, 2.45) is 0 Å². The summed E-state index contributed by atoms with van der Waals surface area (Å²) in [4.78, 5) is 7.45. The Morgan fingerprint density at radius 3 is 2.88 bits per heavy atom. The first-order valence-electron chi connectivity index (χ1n) is 4.99. The summed E-state index contributed by atoms with van der Waals surface area (Å²) in [5.74, 6) is 0.801. The van der Waals surface area contributed by atoms with Gasteiger partial charge in [0, 0.05) is 22.5 Å². The van der Waals surface area contributed by atoms with Crippen molar-refractivity contribution >= 4 is 53.7 Å². The largest absolute Gasteiger partial charge is 0.494 e. The molecule has 3 aromatic rings. The maximum atomic E-state index is 5.38. The first kappa shape index (κ1) is 11.0. The summed E-state index contributed by atoms with van der Waals surface area (Å²) < 4.78 is 7.24. The van der Waals surface area contributed by atoms with Crippen molar-refractivity contribution in [3.05, 3.63) is 33.5 Å². The predicted molar refractivity (Wildman–Crippen MR) is 75.6 cm³/mol. The maximum absolute atomic E-state index is 5.38. The van der Waals surface area contributed by atoms with Gasteiger partial charge < -0.3 is 9.72 Å². The Labute approximate surface area is 114 Å². The number of hydrogen-bond acceptors (Lipinski definition) is 2. The molecule has 5 heteroatoms. The van der Waals surface area contributed by atoms with Gasteiger partial charge in [0.2, 0.25) is 0 Å². The molecule has 0 fully saturated rings. The van der Waals surface area contributed by atoms with Crippen molar-refractivity contribution in [1.29, 1.82) is 0 Å². The number of H-pyrrole nitrogens is 1. The zero-order valence-electron chi connectivity index (χ0n) is 8.92. The first-order valence-corrected chi connectivity index (χ1v) is 6.58. The number of nitrogens with zero attached hydrogens (tertiary/aromatic N) is 1. The molecule has 0 unspecified atom stereocenters. The Morgan fingerprint density at radius 2 is 2.12 bits per heavy atom. The van der Waals surface area contributed by atoms with Crippen molar-refractivity contribution in [1.82, 2.24) is 9.97 Å². The second-order valence-corrected chi connectivity index (χ2v) is 5.32. The van der Waals surface area contributed by atoms with Crippen LogP contribution in [0.4, 0.5) is 0 Å². The molecule has 0 bridgehead atoms. The number of aromatic nitrogens is 2. The molecule has 0 saturated carbocycles. The van der Waals surface area contributed by atoms with Gasteiger partial charge in [0.05, 0.1) is 27.8 Å². The molecule has 3 rings (SSSR count). The summed E-state index contributed by atoms with van der Waals surface area (Å²) >= 11 is 7.09. The molecule has 0 amide bonds. The van der Waals surface area contributed by atoms with E-state index in [1.165, 1.54) is 0 Å². The van der Waals surface area contributed by atoms with Crippen molar-refractivity contribution in [2.45, 2.75) is 0 Å². The molecule has 1 aromatic carbocycles. The van der Waals surface area contributed by atoms with Crippen LogP contribution in [0.3, 0.4) is 0 Å². The highest BCUT2D eigenvalue weighted by Crippen LogP contribution is 2.42. The fourth-order valence-corrected chi connectivity index (χ4v) is 3.66. The molecule has 2 heterocycles. The SMILES string of the molecule is COc1c(Br)cc2[nH]c3cnccc3c2c1Br. The third-order valence-electron chi connectivity index (χ3n) is 2.74. The smallest absolute Gasteiger partial charge is 0.147 e. The van der Waals surface area contributed by atoms with Crippen LogP contribution in [0.2, 0.25) is 0 Å². The van der Waals surface area contributed by atoms with Gasteiger partial charge >= 0.3 is 0 Å². The average molecular weight is 356 g/mol. The predicted octanol–water partition coefficient (Wildman–Crippen LogP) is 4.25. The molecule has 0 atom stereocenters. The van der Waals surface area contributed by atoms with Crippen LogP contribution in [0, 0.1) is 0 Å². The Hall–Kier alpha value is -1.07. The summed E-state index contributed by atoms with van der Waals surface area (Å²) in [7, 11) is 1.66. The third kappa shape index (κ3) is 1.57. The van der Waals surface area contributed by atoms with E-state index in [2.05, 4.69) is 41.8 Å². The number of nitrogens with one attached hydrogen (secondary N) is 1. The number of halogens is 2. The number of benzene rings is 1. The number of pyridine rings is 1. The molecule has 0 radical (unpaired) electrons. The van der Waals surface area contributed by atoms with E-state index in [0.29, 0.717) is 0 Å².